The Morgan fingerprint density at radius 3 is 2.82 bits per heavy atom. The summed E-state index contributed by atoms with van der Waals surface area (Å²) in [5.41, 5.74) is 3.63. The van der Waals surface area contributed by atoms with E-state index in [4.69, 9.17) is 20.8 Å². The average Bonchev–Trinajstić information content (AvgIpc) is 3.01. The fourth-order valence-corrected chi connectivity index (χ4v) is 3.70. The molecule has 0 radical (unpaired) electrons. The Hall–Kier alpha value is -2.70. The summed E-state index contributed by atoms with van der Waals surface area (Å²) in [6.45, 7) is 4.96. The highest BCUT2D eigenvalue weighted by molar-refractivity contribution is 6.30. The van der Waals surface area contributed by atoms with E-state index in [1.165, 1.54) is 4.57 Å². The van der Waals surface area contributed by atoms with Gasteiger partial charge in [0.25, 0.3) is 5.56 Å². The normalized spacial score (nSPS) is 15.8. The molecule has 1 aromatic carbocycles. The van der Waals surface area contributed by atoms with Crippen LogP contribution in [0.1, 0.15) is 30.7 Å². The number of hydrogen-bond acceptors (Lipinski definition) is 5. The topological polar surface area (TPSA) is 70.2 Å². The minimum absolute atomic E-state index is 0.224. The van der Waals surface area contributed by atoms with Gasteiger partial charge in [-0.05, 0) is 37.6 Å². The third-order valence-electron chi connectivity index (χ3n) is 5.08. The van der Waals surface area contributed by atoms with Gasteiger partial charge in [-0.1, -0.05) is 23.7 Å². The average molecular weight is 396 g/mol. The van der Waals surface area contributed by atoms with Gasteiger partial charge in [-0.25, -0.2) is 9.97 Å². The van der Waals surface area contributed by atoms with Crippen LogP contribution >= 0.6 is 11.6 Å². The van der Waals surface area contributed by atoms with Gasteiger partial charge in [0, 0.05) is 17.0 Å². The van der Waals surface area contributed by atoms with Gasteiger partial charge < -0.3 is 9.15 Å². The Bertz CT molecular complexity index is 1270. The maximum atomic E-state index is 12.9. The smallest absolute Gasteiger partial charge is 0.297 e. The van der Waals surface area contributed by atoms with Crippen molar-refractivity contribution in [2.75, 3.05) is 0 Å². The van der Waals surface area contributed by atoms with Crippen LogP contribution in [0.2, 0.25) is 5.02 Å². The molecule has 0 spiro atoms. The lowest BCUT2D eigenvalue weighted by Gasteiger charge is -2.30. The molecule has 4 aromatic rings. The monoisotopic (exact) mass is 395 g/mol. The summed E-state index contributed by atoms with van der Waals surface area (Å²) in [6.07, 6.45) is 2.25. The number of ether oxygens (including phenoxy) is 1. The van der Waals surface area contributed by atoms with E-state index in [2.05, 4.69) is 9.97 Å². The molecule has 1 aliphatic heterocycles. The zero-order valence-corrected chi connectivity index (χ0v) is 16.3. The summed E-state index contributed by atoms with van der Waals surface area (Å²) in [6, 6.07) is 9.35. The van der Waals surface area contributed by atoms with E-state index in [1.54, 1.807) is 18.5 Å². The molecule has 1 aliphatic rings. The van der Waals surface area contributed by atoms with Crippen molar-refractivity contribution in [3.63, 3.8) is 0 Å². The van der Waals surface area contributed by atoms with Crippen molar-refractivity contribution in [2.24, 2.45) is 0 Å². The van der Waals surface area contributed by atoms with Crippen molar-refractivity contribution in [2.45, 2.75) is 39.0 Å². The van der Waals surface area contributed by atoms with Crippen LogP contribution in [-0.2, 0) is 24.3 Å². The molecule has 0 aliphatic carbocycles. The SMILES string of the molecule is CC1(C)Cc2nc3oc4c(=O)n(Cc5ccc(Cl)cc5)cnc4c3cc2CO1. The third-order valence-corrected chi connectivity index (χ3v) is 5.34. The minimum Gasteiger partial charge on any atom is -0.430 e. The molecule has 5 rings (SSSR count). The lowest BCUT2D eigenvalue weighted by molar-refractivity contribution is -0.0411. The predicted octanol–water partition coefficient (Wildman–Crippen LogP) is 4.09. The van der Waals surface area contributed by atoms with Gasteiger partial charge in [-0.15, -0.1) is 0 Å². The van der Waals surface area contributed by atoms with Crippen LogP contribution in [0.3, 0.4) is 0 Å². The van der Waals surface area contributed by atoms with Crippen LogP contribution in [0.4, 0.5) is 0 Å². The van der Waals surface area contributed by atoms with Gasteiger partial charge >= 0.3 is 0 Å². The summed E-state index contributed by atoms with van der Waals surface area (Å²) in [4.78, 5) is 22.1. The number of aromatic nitrogens is 3. The fraction of sp³-hybridized carbons (Fsp3) is 0.286. The van der Waals surface area contributed by atoms with E-state index >= 15 is 0 Å². The number of fused-ring (bicyclic) bond motifs is 4. The highest BCUT2D eigenvalue weighted by Crippen LogP contribution is 2.31. The standard InChI is InChI=1S/C21H18ClN3O3/c1-21(2)8-16-13(10-27-21)7-15-17-18(28-19(15)24-16)20(26)25(11-23-17)9-12-3-5-14(22)6-4-12/h3-7,11H,8-10H2,1-2H3. The molecule has 0 bridgehead atoms. The molecule has 142 valence electrons. The molecule has 4 heterocycles. The molecule has 0 saturated heterocycles. The number of pyridine rings is 1. The van der Waals surface area contributed by atoms with Crippen molar-refractivity contribution in [1.82, 2.24) is 14.5 Å². The van der Waals surface area contributed by atoms with Gasteiger partial charge in [0.05, 0.1) is 36.2 Å². The summed E-state index contributed by atoms with van der Waals surface area (Å²) in [5.74, 6) is 0. The van der Waals surface area contributed by atoms with Gasteiger partial charge in [-0.3, -0.25) is 9.36 Å². The maximum Gasteiger partial charge on any atom is 0.297 e. The highest BCUT2D eigenvalue weighted by Gasteiger charge is 2.28. The summed E-state index contributed by atoms with van der Waals surface area (Å²) in [5, 5.41) is 1.40. The number of hydrogen-bond donors (Lipinski definition) is 0. The van der Waals surface area contributed by atoms with E-state index in [0.29, 0.717) is 35.8 Å². The molecule has 0 saturated carbocycles. The van der Waals surface area contributed by atoms with Gasteiger partial charge in [0.1, 0.15) is 5.52 Å². The summed E-state index contributed by atoms with van der Waals surface area (Å²) >= 11 is 5.93. The summed E-state index contributed by atoms with van der Waals surface area (Å²) < 4.78 is 13.3. The van der Waals surface area contributed by atoms with E-state index < -0.39 is 0 Å². The molecular formula is C21H18ClN3O3. The highest BCUT2D eigenvalue weighted by atomic mass is 35.5. The Kier molecular flexibility index (Phi) is 3.82. The second-order valence-electron chi connectivity index (χ2n) is 7.76. The lowest BCUT2D eigenvalue weighted by Crippen LogP contribution is -2.32. The van der Waals surface area contributed by atoms with Crippen molar-refractivity contribution in [1.29, 1.82) is 0 Å². The Balaban J connectivity index is 1.61. The Morgan fingerprint density at radius 2 is 2.04 bits per heavy atom. The Labute approximate surface area is 165 Å². The first kappa shape index (κ1) is 17.4. The number of halogens is 1. The van der Waals surface area contributed by atoms with E-state index in [-0.39, 0.29) is 16.7 Å². The molecule has 0 N–H and O–H groups in total. The molecule has 6 nitrogen and oxygen atoms in total. The van der Waals surface area contributed by atoms with E-state index in [0.717, 1.165) is 22.2 Å². The molecule has 0 atom stereocenters. The number of furan rings is 1. The minimum atomic E-state index is -0.261. The third kappa shape index (κ3) is 2.89. The molecule has 7 heteroatoms. The summed E-state index contributed by atoms with van der Waals surface area (Å²) in [7, 11) is 0. The van der Waals surface area contributed by atoms with Crippen molar-refractivity contribution in [3.8, 4) is 0 Å². The van der Waals surface area contributed by atoms with Crippen LogP contribution < -0.4 is 5.56 Å². The maximum absolute atomic E-state index is 12.9. The number of rotatable bonds is 2. The second kappa shape index (κ2) is 6.15. The molecule has 28 heavy (non-hydrogen) atoms. The fourth-order valence-electron chi connectivity index (χ4n) is 3.58. The zero-order valence-electron chi connectivity index (χ0n) is 15.5. The van der Waals surface area contributed by atoms with Crippen molar-refractivity contribution in [3.05, 3.63) is 68.9 Å². The van der Waals surface area contributed by atoms with Crippen LogP contribution in [0.25, 0.3) is 22.2 Å². The first-order valence-corrected chi connectivity index (χ1v) is 9.46. The van der Waals surface area contributed by atoms with Crippen LogP contribution in [0, 0.1) is 0 Å². The lowest BCUT2D eigenvalue weighted by atomic mass is 9.95. The quantitative estimate of drug-likeness (QED) is 0.511. The van der Waals surface area contributed by atoms with Crippen molar-refractivity contribution >= 4 is 33.8 Å². The van der Waals surface area contributed by atoms with Gasteiger partial charge in [0.2, 0.25) is 11.3 Å². The molecule has 0 amide bonds. The molecule has 3 aromatic heterocycles. The van der Waals surface area contributed by atoms with Crippen molar-refractivity contribution < 1.29 is 9.15 Å². The molecule has 0 fully saturated rings. The molecular weight excluding hydrogens is 378 g/mol. The van der Waals surface area contributed by atoms with Crippen LogP contribution in [0.5, 0.6) is 0 Å². The van der Waals surface area contributed by atoms with E-state index in [9.17, 15) is 4.79 Å². The number of nitrogens with zero attached hydrogens (tertiary/aromatic N) is 3. The zero-order chi connectivity index (χ0) is 19.5. The Morgan fingerprint density at radius 1 is 1.25 bits per heavy atom. The predicted molar refractivity (Wildman–Crippen MR) is 107 cm³/mol. The first-order valence-electron chi connectivity index (χ1n) is 9.08. The number of benzene rings is 1. The molecule has 0 unspecified atom stereocenters. The van der Waals surface area contributed by atoms with E-state index in [1.807, 2.05) is 32.0 Å². The largest absolute Gasteiger partial charge is 0.430 e. The van der Waals surface area contributed by atoms with Gasteiger partial charge in [-0.2, -0.15) is 0 Å². The second-order valence-corrected chi connectivity index (χ2v) is 8.19. The van der Waals surface area contributed by atoms with Crippen LogP contribution in [-0.4, -0.2) is 20.1 Å². The first-order chi connectivity index (χ1) is 13.4. The van der Waals surface area contributed by atoms with Crippen LogP contribution in [0.15, 0.2) is 45.9 Å². The van der Waals surface area contributed by atoms with Gasteiger partial charge in [0.15, 0.2) is 0 Å².